The van der Waals surface area contributed by atoms with Crippen molar-refractivity contribution < 1.29 is 0 Å². The van der Waals surface area contributed by atoms with E-state index < -0.39 is 0 Å². The van der Waals surface area contributed by atoms with E-state index in [2.05, 4.69) is 31.0 Å². The normalized spacial score (nSPS) is 11.3. The summed E-state index contributed by atoms with van der Waals surface area (Å²) in [5.74, 6) is 0.589. The second-order valence-electron chi connectivity index (χ2n) is 4.59. The second kappa shape index (κ2) is 4.79. The summed E-state index contributed by atoms with van der Waals surface area (Å²) in [4.78, 5) is 8.99. The molecule has 0 aliphatic rings. The molecule has 0 N–H and O–H groups in total. The molecule has 0 saturated heterocycles. The van der Waals surface area contributed by atoms with Gasteiger partial charge in [-0.1, -0.05) is 39.7 Å². The first-order valence-corrected chi connectivity index (χ1v) is 7.45. The van der Waals surface area contributed by atoms with Crippen LogP contribution in [0.4, 0.5) is 0 Å². The predicted octanol–water partition coefficient (Wildman–Crippen LogP) is 4.36. The summed E-state index contributed by atoms with van der Waals surface area (Å²) in [6, 6.07) is 13.5. The van der Waals surface area contributed by atoms with Crippen LogP contribution in [0, 0.1) is 0 Å². The van der Waals surface area contributed by atoms with E-state index in [-0.39, 0.29) is 0 Å². The van der Waals surface area contributed by atoms with Gasteiger partial charge in [-0.2, -0.15) is 0 Å². The Morgan fingerprint density at radius 3 is 2.81 bits per heavy atom. The summed E-state index contributed by atoms with van der Waals surface area (Å²) in [5.41, 5.74) is 2.47. The molecule has 0 atom stereocenters. The lowest BCUT2D eigenvalue weighted by Crippen LogP contribution is -1.90. The average Bonchev–Trinajstić information content (AvgIpc) is 2.91. The van der Waals surface area contributed by atoms with Gasteiger partial charge < -0.3 is 0 Å². The van der Waals surface area contributed by atoms with Crippen molar-refractivity contribution in [3.8, 4) is 11.4 Å². The maximum Gasteiger partial charge on any atom is 0.183 e. The standard InChI is InChI=1S/C15H8BrClN4/c16-9-5-6-10(12(17)7-9)14-19-15-11-3-1-2-4-13(11)18-8-21(15)20-14/h1-8H. The van der Waals surface area contributed by atoms with Gasteiger partial charge in [0.15, 0.2) is 11.5 Å². The van der Waals surface area contributed by atoms with Gasteiger partial charge in [0, 0.05) is 15.4 Å². The van der Waals surface area contributed by atoms with Gasteiger partial charge in [0.25, 0.3) is 0 Å². The first-order chi connectivity index (χ1) is 10.2. The summed E-state index contributed by atoms with van der Waals surface area (Å²) in [6.07, 6.45) is 1.67. The third-order valence-corrected chi connectivity index (χ3v) is 4.06. The van der Waals surface area contributed by atoms with Crippen LogP contribution in [0.3, 0.4) is 0 Å². The van der Waals surface area contributed by atoms with E-state index in [0.29, 0.717) is 10.8 Å². The molecule has 4 aromatic rings. The Morgan fingerprint density at radius 1 is 1.10 bits per heavy atom. The molecule has 0 saturated carbocycles. The fourth-order valence-corrected chi connectivity index (χ4v) is 3.02. The molecule has 0 aliphatic heterocycles. The Morgan fingerprint density at radius 2 is 1.95 bits per heavy atom. The zero-order valence-electron chi connectivity index (χ0n) is 10.7. The molecule has 0 spiro atoms. The van der Waals surface area contributed by atoms with E-state index in [4.69, 9.17) is 11.6 Å². The first-order valence-electron chi connectivity index (χ1n) is 6.28. The van der Waals surface area contributed by atoms with Crippen molar-refractivity contribution in [3.63, 3.8) is 0 Å². The molecule has 6 heteroatoms. The fourth-order valence-electron chi connectivity index (χ4n) is 2.26. The van der Waals surface area contributed by atoms with Crippen LogP contribution in [0.1, 0.15) is 0 Å². The van der Waals surface area contributed by atoms with Crippen LogP contribution in [0.15, 0.2) is 53.3 Å². The lowest BCUT2D eigenvalue weighted by atomic mass is 10.2. The summed E-state index contributed by atoms with van der Waals surface area (Å²) in [7, 11) is 0. The van der Waals surface area contributed by atoms with Crippen LogP contribution >= 0.6 is 27.5 Å². The number of hydrogen-bond donors (Lipinski definition) is 0. The molecular formula is C15H8BrClN4. The maximum atomic E-state index is 6.27. The lowest BCUT2D eigenvalue weighted by molar-refractivity contribution is 0.938. The average molecular weight is 360 g/mol. The molecule has 0 bridgehead atoms. The number of halogens is 2. The molecule has 102 valence electrons. The highest BCUT2D eigenvalue weighted by Gasteiger charge is 2.12. The molecule has 0 aliphatic carbocycles. The van der Waals surface area contributed by atoms with Crippen molar-refractivity contribution in [2.24, 2.45) is 0 Å². The van der Waals surface area contributed by atoms with E-state index in [1.807, 2.05) is 42.5 Å². The number of hydrogen-bond acceptors (Lipinski definition) is 3. The Balaban J connectivity index is 2.00. The van der Waals surface area contributed by atoms with Crippen molar-refractivity contribution in [2.75, 3.05) is 0 Å². The highest BCUT2D eigenvalue weighted by atomic mass is 79.9. The van der Waals surface area contributed by atoms with Gasteiger partial charge >= 0.3 is 0 Å². The third-order valence-electron chi connectivity index (χ3n) is 3.25. The Kier molecular flexibility index (Phi) is 2.90. The summed E-state index contributed by atoms with van der Waals surface area (Å²) in [6.45, 7) is 0. The zero-order chi connectivity index (χ0) is 14.4. The van der Waals surface area contributed by atoms with Gasteiger partial charge in [-0.3, -0.25) is 0 Å². The molecule has 2 aromatic carbocycles. The molecule has 0 fully saturated rings. The van der Waals surface area contributed by atoms with E-state index in [1.54, 1.807) is 10.8 Å². The molecule has 0 unspecified atom stereocenters. The Bertz CT molecular complexity index is 980. The minimum absolute atomic E-state index is 0.589. The van der Waals surface area contributed by atoms with Crippen molar-refractivity contribution >= 4 is 44.1 Å². The van der Waals surface area contributed by atoms with E-state index in [1.165, 1.54) is 0 Å². The SMILES string of the molecule is Clc1cc(Br)ccc1-c1nc2c3ccccc3ncn2n1. The van der Waals surface area contributed by atoms with Crippen molar-refractivity contribution in [3.05, 3.63) is 58.3 Å². The molecule has 21 heavy (non-hydrogen) atoms. The van der Waals surface area contributed by atoms with Gasteiger partial charge in [-0.05, 0) is 30.3 Å². The molecule has 2 aromatic heterocycles. The molecule has 0 radical (unpaired) electrons. The van der Waals surface area contributed by atoms with Crippen molar-refractivity contribution in [1.82, 2.24) is 19.6 Å². The third kappa shape index (κ3) is 2.09. The van der Waals surface area contributed by atoms with E-state index in [9.17, 15) is 0 Å². The Hall–Kier alpha value is -1.98. The smallest absolute Gasteiger partial charge is 0.183 e. The summed E-state index contributed by atoms with van der Waals surface area (Å²) < 4.78 is 2.60. The van der Waals surface area contributed by atoms with Gasteiger partial charge in [0.05, 0.1) is 10.5 Å². The van der Waals surface area contributed by atoms with E-state index >= 15 is 0 Å². The summed E-state index contributed by atoms with van der Waals surface area (Å²) in [5, 5.41) is 6.04. The minimum atomic E-state index is 0.589. The largest absolute Gasteiger partial charge is 0.236 e. The monoisotopic (exact) mass is 358 g/mol. The van der Waals surface area contributed by atoms with Gasteiger partial charge in [-0.25, -0.2) is 14.5 Å². The number of aromatic nitrogens is 4. The van der Waals surface area contributed by atoms with Gasteiger partial charge in [0.1, 0.15) is 6.33 Å². The van der Waals surface area contributed by atoms with Crippen LogP contribution in [0.2, 0.25) is 5.02 Å². The quantitative estimate of drug-likeness (QED) is 0.507. The number of benzene rings is 2. The fraction of sp³-hybridized carbons (Fsp3) is 0. The number of rotatable bonds is 1. The molecule has 4 nitrogen and oxygen atoms in total. The molecule has 0 amide bonds. The predicted molar refractivity (Wildman–Crippen MR) is 86.4 cm³/mol. The molecule has 2 heterocycles. The maximum absolute atomic E-state index is 6.27. The highest BCUT2D eigenvalue weighted by Crippen LogP contribution is 2.29. The molecule has 4 rings (SSSR count). The van der Waals surface area contributed by atoms with Crippen LogP contribution < -0.4 is 0 Å². The van der Waals surface area contributed by atoms with Crippen LogP contribution in [0.25, 0.3) is 27.9 Å². The second-order valence-corrected chi connectivity index (χ2v) is 5.91. The number of para-hydroxylation sites is 1. The lowest BCUT2D eigenvalue weighted by Gasteiger charge is -1.99. The van der Waals surface area contributed by atoms with Crippen LogP contribution in [-0.4, -0.2) is 19.6 Å². The van der Waals surface area contributed by atoms with Gasteiger partial charge in [0.2, 0.25) is 0 Å². The van der Waals surface area contributed by atoms with E-state index in [0.717, 1.165) is 26.6 Å². The topological polar surface area (TPSA) is 43.1 Å². The van der Waals surface area contributed by atoms with Crippen LogP contribution in [-0.2, 0) is 0 Å². The molecular weight excluding hydrogens is 352 g/mol. The van der Waals surface area contributed by atoms with Crippen molar-refractivity contribution in [1.29, 1.82) is 0 Å². The number of fused-ring (bicyclic) bond motifs is 3. The highest BCUT2D eigenvalue weighted by molar-refractivity contribution is 9.10. The van der Waals surface area contributed by atoms with Crippen molar-refractivity contribution in [2.45, 2.75) is 0 Å². The zero-order valence-corrected chi connectivity index (χ0v) is 13.0. The first kappa shape index (κ1) is 12.7. The summed E-state index contributed by atoms with van der Waals surface area (Å²) >= 11 is 9.67. The van der Waals surface area contributed by atoms with Crippen LogP contribution in [0.5, 0.6) is 0 Å². The Labute approximate surface area is 133 Å². The number of nitrogens with zero attached hydrogens (tertiary/aromatic N) is 4. The minimum Gasteiger partial charge on any atom is -0.236 e. The van der Waals surface area contributed by atoms with Gasteiger partial charge in [-0.15, -0.1) is 5.10 Å².